The van der Waals surface area contributed by atoms with Crippen LogP contribution in [0, 0.1) is 0 Å². The zero-order valence-corrected chi connectivity index (χ0v) is 24.4. The first-order valence-electron chi connectivity index (χ1n) is 14.5. The van der Waals surface area contributed by atoms with E-state index < -0.39 is 0 Å². The second-order valence-electron chi connectivity index (χ2n) is 10.7. The summed E-state index contributed by atoms with van der Waals surface area (Å²) in [5, 5.41) is 2.80. The van der Waals surface area contributed by atoms with Crippen molar-refractivity contribution in [3.63, 3.8) is 0 Å². The highest BCUT2D eigenvalue weighted by Crippen LogP contribution is 2.41. The van der Waals surface area contributed by atoms with Crippen molar-refractivity contribution in [1.82, 2.24) is 9.97 Å². The Balaban J connectivity index is 1.32. The lowest BCUT2D eigenvalue weighted by atomic mass is 9.95. The number of halogens is 1. The van der Waals surface area contributed by atoms with E-state index in [0.717, 1.165) is 66.7 Å². The van der Waals surface area contributed by atoms with Crippen LogP contribution in [0.2, 0.25) is 5.02 Å². The molecule has 0 aliphatic heterocycles. The van der Waals surface area contributed by atoms with E-state index in [-0.39, 0.29) is 0 Å². The lowest BCUT2D eigenvalue weighted by Crippen LogP contribution is -1.97. The number of furan rings is 1. The van der Waals surface area contributed by atoms with Gasteiger partial charge in [-0.1, -0.05) is 139 Å². The van der Waals surface area contributed by atoms with Gasteiger partial charge in [-0.3, -0.25) is 0 Å². The van der Waals surface area contributed by atoms with Crippen LogP contribution in [0.15, 0.2) is 156 Å². The van der Waals surface area contributed by atoms with E-state index in [4.69, 9.17) is 26.0 Å². The van der Waals surface area contributed by atoms with Gasteiger partial charge in [0.1, 0.15) is 11.2 Å². The van der Waals surface area contributed by atoms with Crippen LogP contribution < -0.4 is 0 Å². The average Bonchev–Trinajstić information content (AvgIpc) is 3.48. The standard InChI is InChI=1S/C40H25ClN2O/c41-30-22-23-31(33-15-9-16-34-32-14-7-8-17-38(32)44-39(33)34)35(24-30)37-25-36(28-12-5-2-6-13-28)42-40(43-37)29-20-18-27(19-21-29)26-10-3-1-4-11-26/h1-25H. The zero-order valence-electron chi connectivity index (χ0n) is 23.6. The zero-order chi connectivity index (χ0) is 29.5. The molecule has 4 heteroatoms. The molecule has 0 fully saturated rings. The Kier molecular flexibility index (Phi) is 6.51. The van der Waals surface area contributed by atoms with Gasteiger partial charge in [0, 0.05) is 38.0 Å². The average molecular weight is 585 g/mol. The van der Waals surface area contributed by atoms with Gasteiger partial charge in [0.05, 0.1) is 11.4 Å². The highest BCUT2D eigenvalue weighted by molar-refractivity contribution is 6.31. The topological polar surface area (TPSA) is 38.9 Å². The van der Waals surface area contributed by atoms with Crippen molar-refractivity contribution in [3.8, 4) is 56.2 Å². The summed E-state index contributed by atoms with van der Waals surface area (Å²) in [5.41, 5.74) is 10.5. The van der Waals surface area contributed by atoms with Crippen molar-refractivity contribution >= 4 is 33.5 Å². The van der Waals surface area contributed by atoms with E-state index in [1.54, 1.807) is 0 Å². The fourth-order valence-electron chi connectivity index (χ4n) is 5.84. The Bertz CT molecular complexity index is 2270. The minimum absolute atomic E-state index is 0.633. The maximum atomic E-state index is 6.66. The van der Waals surface area contributed by atoms with Crippen molar-refractivity contribution in [2.24, 2.45) is 0 Å². The molecule has 0 aliphatic carbocycles. The highest BCUT2D eigenvalue weighted by atomic mass is 35.5. The van der Waals surface area contributed by atoms with Crippen LogP contribution in [0.1, 0.15) is 0 Å². The monoisotopic (exact) mass is 584 g/mol. The maximum Gasteiger partial charge on any atom is 0.160 e. The van der Waals surface area contributed by atoms with Gasteiger partial charge in [0.2, 0.25) is 0 Å². The molecule has 0 atom stereocenters. The van der Waals surface area contributed by atoms with E-state index in [1.165, 1.54) is 5.56 Å². The Hall–Kier alpha value is -5.51. The van der Waals surface area contributed by atoms with Gasteiger partial charge in [0.15, 0.2) is 5.82 Å². The third kappa shape index (κ3) is 4.74. The highest BCUT2D eigenvalue weighted by Gasteiger charge is 2.18. The Morgan fingerprint density at radius 3 is 1.86 bits per heavy atom. The van der Waals surface area contributed by atoms with Gasteiger partial charge >= 0.3 is 0 Å². The molecule has 0 N–H and O–H groups in total. The first kappa shape index (κ1) is 26.1. The number of nitrogens with zero attached hydrogens (tertiary/aromatic N) is 2. The smallest absolute Gasteiger partial charge is 0.160 e. The van der Waals surface area contributed by atoms with Gasteiger partial charge < -0.3 is 4.42 Å². The number of hydrogen-bond donors (Lipinski definition) is 0. The van der Waals surface area contributed by atoms with Crippen molar-refractivity contribution in [3.05, 3.63) is 157 Å². The van der Waals surface area contributed by atoms with Crippen LogP contribution in [-0.4, -0.2) is 9.97 Å². The van der Waals surface area contributed by atoms with Crippen LogP contribution in [0.3, 0.4) is 0 Å². The predicted molar refractivity (Wildman–Crippen MR) is 181 cm³/mol. The van der Waals surface area contributed by atoms with Gasteiger partial charge in [-0.05, 0) is 41.0 Å². The molecular formula is C40H25ClN2O. The molecule has 6 aromatic carbocycles. The Morgan fingerprint density at radius 1 is 0.432 bits per heavy atom. The molecule has 3 nitrogen and oxygen atoms in total. The molecule has 0 saturated carbocycles. The Labute approximate surface area is 260 Å². The number of aromatic nitrogens is 2. The summed E-state index contributed by atoms with van der Waals surface area (Å²) in [4.78, 5) is 10.2. The molecule has 2 aromatic heterocycles. The molecule has 0 unspecified atom stereocenters. The Morgan fingerprint density at radius 2 is 1.07 bits per heavy atom. The third-order valence-corrected chi connectivity index (χ3v) is 8.23. The molecule has 0 radical (unpaired) electrons. The van der Waals surface area contributed by atoms with Crippen LogP contribution in [0.25, 0.3) is 78.1 Å². The van der Waals surface area contributed by atoms with Gasteiger partial charge in [-0.25, -0.2) is 9.97 Å². The lowest BCUT2D eigenvalue weighted by Gasteiger charge is -2.14. The number of rotatable bonds is 5. The SMILES string of the molecule is Clc1ccc(-c2cccc3c2oc2ccccc23)c(-c2cc(-c3ccccc3)nc(-c3ccc(-c4ccccc4)cc3)n2)c1. The normalized spacial score (nSPS) is 11.3. The first-order chi connectivity index (χ1) is 21.7. The van der Waals surface area contributed by atoms with Crippen LogP contribution in [-0.2, 0) is 0 Å². The quantitative estimate of drug-likeness (QED) is 0.202. The molecular weight excluding hydrogens is 560 g/mol. The van der Waals surface area contributed by atoms with E-state index in [2.05, 4.69) is 91.0 Å². The third-order valence-electron chi connectivity index (χ3n) is 8.00. The van der Waals surface area contributed by atoms with Crippen LogP contribution >= 0.6 is 11.6 Å². The van der Waals surface area contributed by atoms with Crippen molar-refractivity contribution in [2.45, 2.75) is 0 Å². The molecule has 208 valence electrons. The van der Waals surface area contributed by atoms with Crippen molar-refractivity contribution < 1.29 is 4.42 Å². The number of fused-ring (bicyclic) bond motifs is 3. The molecule has 44 heavy (non-hydrogen) atoms. The largest absolute Gasteiger partial charge is 0.455 e. The van der Waals surface area contributed by atoms with E-state index in [0.29, 0.717) is 10.8 Å². The van der Waals surface area contributed by atoms with E-state index in [9.17, 15) is 0 Å². The number of benzene rings is 6. The summed E-state index contributed by atoms with van der Waals surface area (Å²) in [5.74, 6) is 0.647. The fraction of sp³-hybridized carbons (Fsp3) is 0. The second kappa shape index (κ2) is 11.0. The fourth-order valence-corrected chi connectivity index (χ4v) is 6.01. The second-order valence-corrected chi connectivity index (χ2v) is 11.2. The van der Waals surface area contributed by atoms with Gasteiger partial charge in [0.25, 0.3) is 0 Å². The summed E-state index contributed by atoms with van der Waals surface area (Å²) >= 11 is 6.66. The molecule has 8 aromatic rings. The van der Waals surface area contributed by atoms with Crippen LogP contribution in [0.5, 0.6) is 0 Å². The van der Waals surface area contributed by atoms with Crippen molar-refractivity contribution in [2.75, 3.05) is 0 Å². The van der Waals surface area contributed by atoms with E-state index in [1.807, 2.05) is 60.7 Å². The summed E-state index contributed by atoms with van der Waals surface area (Å²) in [6, 6.07) is 51.4. The molecule has 0 saturated heterocycles. The lowest BCUT2D eigenvalue weighted by molar-refractivity contribution is 0.670. The molecule has 8 rings (SSSR count). The minimum atomic E-state index is 0.633. The number of hydrogen-bond acceptors (Lipinski definition) is 3. The molecule has 2 heterocycles. The predicted octanol–water partition coefficient (Wildman–Crippen LogP) is 11.4. The summed E-state index contributed by atoms with van der Waals surface area (Å²) in [6.45, 7) is 0. The maximum absolute atomic E-state index is 6.66. The summed E-state index contributed by atoms with van der Waals surface area (Å²) < 4.78 is 6.43. The van der Waals surface area contributed by atoms with Crippen molar-refractivity contribution in [1.29, 1.82) is 0 Å². The minimum Gasteiger partial charge on any atom is -0.455 e. The molecule has 0 amide bonds. The van der Waals surface area contributed by atoms with E-state index >= 15 is 0 Å². The molecule has 0 aliphatic rings. The van der Waals surface area contributed by atoms with Crippen LogP contribution in [0.4, 0.5) is 0 Å². The van der Waals surface area contributed by atoms with Gasteiger partial charge in [-0.2, -0.15) is 0 Å². The first-order valence-corrected chi connectivity index (χ1v) is 14.9. The number of para-hydroxylation sites is 2. The summed E-state index contributed by atoms with van der Waals surface area (Å²) in [6.07, 6.45) is 0. The summed E-state index contributed by atoms with van der Waals surface area (Å²) in [7, 11) is 0. The molecule has 0 bridgehead atoms. The molecule has 0 spiro atoms. The van der Waals surface area contributed by atoms with Gasteiger partial charge in [-0.15, -0.1) is 0 Å².